The van der Waals surface area contributed by atoms with E-state index in [1.54, 1.807) is 11.6 Å². The van der Waals surface area contributed by atoms with E-state index < -0.39 is 6.36 Å². The molecule has 0 N–H and O–H groups in total. The van der Waals surface area contributed by atoms with E-state index in [1.165, 1.54) is 19.2 Å². The van der Waals surface area contributed by atoms with E-state index in [-0.39, 0.29) is 17.5 Å². The highest BCUT2D eigenvalue weighted by Crippen LogP contribution is 2.36. The molecule has 0 atom stereocenters. The van der Waals surface area contributed by atoms with Crippen LogP contribution in [0.5, 0.6) is 11.5 Å². The Labute approximate surface area is 159 Å². The monoisotopic (exact) mass is 395 g/mol. The summed E-state index contributed by atoms with van der Waals surface area (Å²) in [5.74, 6) is -0.189. The van der Waals surface area contributed by atoms with Gasteiger partial charge in [-0.25, -0.2) is 14.6 Å². The molecule has 7 nitrogen and oxygen atoms in total. The summed E-state index contributed by atoms with van der Waals surface area (Å²) in [5, 5.41) is 8.28. The number of hydrogen-bond acceptors (Lipinski definition) is 6. The van der Waals surface area contributed by atoms with Crippen molar-refractivity contribution >= 4 is 11.3 Å². The molecule has 0 saturated carbocycles. The van der Waals surface area contributed by atoms with Crippen molar-refractivity contribution in [2.24, 2.45) is 0 Å². The number of alkyl halides is 3. The van der Waals surface area contributed by atoms with Gasteiger partial charge < -0.3 is 9.47 Å². The van der Waals surface area contributed by atoms with Gasteiger partial charge in [-0.05, 0) is 31.9 Å². The number of halogens is 3. The lowest BCUT2D eigenvalue weighted by Gasteiger charge is -2.14. The van der Waals surface area contributed by atoms with Crippen LogP contribution in [0.15, 0.2) is 18.2 Å². The van der Waals surface area contributed by atoms with Gasteiger partial charge in [0.05, 0.1) is 24.5 Å². The van der Waals surface area contributed by atoms with E-state index in [2.05, 4.69) is 38.9 Å². The maximum Gasteiger partial charge on any atom is 0.573 e. The second kappa shape index (κ2) is 7.61. The summed E-state index contributed by atoms with van der Waals surface area (Å²) in [5.41, 5.74) is 2.47. The minimum atomic E-state index is -4.78. The number of nitrogens with zero attached hydrogens (tertiary/aromatic N) is 5. The number of aryl methyl sites for hydroxylation is 1. The summed E-state index contributed by atoms with van der Waals surface area (Å²) in [4.78, 5) is 9.12. The molecule has 0 bridgehead atoms. The molecule has 150 valence electrons. The van der Waals surface area contributed by atoms with Crippen LogP contribution in [0.25, 0.3) is 22.6 Å². The topological polar surface area (TPSA) is 75.0 Å². The van der Waals surface area contributed by atoms with Crippen LogP contribution >= 0.6 is 0 Å². The molecule has 0 aliphatic carbocycles. The molecule has 0 fully saturated rings. The zero-order chi connectivity index (χ0) is 20.5. The molecule has 0 aliphatic heterocycles. The Hall–Kier alpha value is -2.91. The third kappa shape index (κ3) is 3.85. The Kier molecular flexibility index (Phi) is 5.39. The van der Waals surface area contributed by atoms with Gasteiger partial charge in [0.15, 0.2) is 5.65 Å². The number of rotatable bonds is 6. The number of benzene rings is 1. The lowest BCUT2D eigenvalue weighted by Crippen LogP contribution is -2.17. The summed E-state index contributed by atoms with van der Waals surface area (Å²) in [6, 6.07) is 3.99. The summed E-state index contributed by atoms with van der Waals surface area (Å²) >= 11 is 0. The van der Waals surface area contributed by atoms with Gasteiger partial charge in [0, 0.05) is 11.6 Å². The fourth-order valence-corrected chi connectivity index (χ4v) is 3.05. The van der Waals surface area contributed by atoms with Gasteiger partial charge >= 0.3 is 6.36 Å². The molecule has 0 saturated heterocycles. The molecule has 28 heavy (non-hydrogen) atoms. The number of methoxy groups -OCH3 is 1. The fraction of sp³-hybridized carbons (Fsp3) is 0.444. The van der Waals surface area contributed by atoms with Crippen LogP contribution in [0.1, 0.15) is 38.4 Å². The van der Waals surface area contributed by atoms with Gasteiger partial charge in [-0.1, -0.05) is 19.1 Å². The predicted octanol–water partition coefficient (Wildman–Crippen LogP) is 4.47. The molecule has 0 spiro atoms. The van der Waals surface area contributed by atoms with Crippen LogP contribution in [0.4, 0.5) is 13.2 Å². The largest absolute Gasteiger partial charge is 0.573 e. The van der Waals surface area contributed by atoms with Crippen LogP contribution in [0.2, 0.25) is 0 Å². The maximum absolute atomic E-state index is 12.5. The van der Waals surface area contributed by atoms with Crippen molar-refractivity contribution in [3.63, 3.8) is 0 Å². The molecule has 3 rings (SSSR count). The normalized spacial score (nSPS) is 12.0. The van der Waals surface area contributed by atoms with E-state index in [1.807, 2.05) is 0 Å². The summed E-state index contributed by atoms with van der Waals surface area (Å²) in [7, 11) is 1.36. The van der Waals surface area contributed by atoms with Crippen molar-refractivity contribution in [2.45, 2.75) is 46.0 Å². The van der Waals surface area contributed by atoms with Crippen molar-refractivity contribution in [3.05, 3.63) is 23.9 Å². The van der Waals surface area contributed by atoms with Crippen LogP contribution in [-0.4, -0.2) is 38.4 Å². The van der Waals surface area contributed by atoms with E-state index in [4.69, 9.17) is 4.74 Å². The van der Waals surface area contributed by atoms with Gasteiger partial charge in [0.25, 0.3) is 0 Å². The lowest BCUT2D eigenvalue weighted by atomic mass is 10.1. The van der Waals surface area contributed by atoms with Crippen molar-refractivity contribution in [2.75, 3.05) is 7.11 Å². The number of fused-ring (bicyclic) bond motifs is 1. The van der Waals surface area contributed by atoms with Crippen molar-refractivity contribution < 1.29 is 22.6 Å². The zero-order valence-corrected chi connectivity index (χ0v) is 15.9. The molecule has 3 aromatic rings. The Morgan fingerprint density at radius 1 is 1.14 bits per heavy atom. The molecule has 1 aromatic carbocycles. The highest BCUT2D eigenvalue weighted by molar-refractivity contribution is 5.76. The number of hydrogen-bond donors (Lipinski definition) is 0. The molecule has 2 heterocycles. The van der Waals surface area contributed by atoms with Gasteiger partial charge in [-0.2, -0.15) is 0 Å². The van der Waals surface area contributed by atoms with Gasteiger partial charge in [-0.15, -0.1) is 18.3 Å². The van der Waals surface area contributed by atoms with Crippen molar-refractivity contribution in [1.29, 1.82) is 0 Å². The van der Waals surface area contributed by atoms with E-state index in [9.17, 15) is 13.2 Å². The molecular formula is C18H20F3N5O2. The smallest absolute Gasteiger partial charge is 0.496 e. The first-order chi connectivity index (χ1) is 13.3. The van der Waals surface area contributed by atoms with E-state index >= 15 is 0 Å². The molecular weight excluding hydrogens is 375 g/mol. The zero-order valence-electron chi connectivity index (χ0n) is 15.9. The molecule has 0 amide bonds. The second-order valence-corrected chi connectivity index (χ2v) is 6.22. The first-order valence-corrected chi connectivity index (χ1v) is 8.81. The van der Waals surface area contributed by atoms with Crippen LogP contribution in [0, 0.1) is 6.92 Å². The Morgan fingerprint density at radius 2 is 1.86 bits per heavy atom. The maximum atomic E-state index is 12.5. The average Bonchev–Trinajstić information content (AvgIpc) is 3.03. The third-order valence-electron chi connectivity index (χ3n) is 4.44. The second-order valence-electron chi connectivity index (χ2n) is 6.22. The van der Waals surface area contributed by atoms with Crippen molar-refractivity contribution in [1.82, 2.24) is 25.0 Å². The Bertz CT molecular complexity index is 983. The molecule has 0 aliphatic rings. The Morgan fingerprint density at radius 3 is 2.46 bits per heavy atom. The summed E-state index contributed by atoms with van der Waals surface area (Å²) < 4.78 is 48.3. The quantitative estimate of drug-likeness (QED) is 0.613. The SMILES string of the molecule is CCC(CC)n1nnc2nc(-c3ccc(OC(F)(F)F)cc3OC)c(C)nc21. The van der Waals surface area contributed by atoms with Crippen LogP contribution in [-0.2, 0) is 0 Å². The summed E-state index contributed by atoms with van der Waals surface area (Å²) in [6.07, 6.45) is -3.02. The number of aromatic nitrogens is 5. The van der Waals surface area contributed by atoms with Gasteiger partial charge in [-0.3, -0.25) is 0 Å². The first-order valence-electron chi connectivity index (χ1n) is 8.81. The molecule has 0 radical (unpaired) electrons. The molecule has 0 unspecified atom stereocenters. The van der Waals surface area contributed by atoms with E-state index in [0.29, 0.717) is 28.2 Å². The lowest BCUT2D eigenvalue weighted by molar-refractivity contribution is -0.274. The third-order valence-corrected chi connectivity index (χ3v) is 4.44. The summed E-state index contributed by atoms with van der Waals surface area (Å²) in [6.45, 7) is 5.89. The van der Waals surface area contributed by atoms with Crippen LogP contribution < -0.4 is 9.47 Å². The van der Waals surface area contributed by atoms with Crippen LogP contribution in [0.3, 0.4) is 0 Å². The average molecular weight is 395 g/mol. The molecule has 2 aromatic heterocycles. The Balaban J connectivity index is 2.07. The van der Waals surface area contributed by atoms with Gasteiger partial charge in [0.1, 0.15) is 11.5 Å². The van der Waals surface area contributed by atoms with Crippen molar-refractivity contribution in [3.8, 4) is 22.8 Å². The minimum absolute atomic E-state index is 0.165. The highest BCUT2D eigenvalue weighted by Gasteiger charge is 2.31. The molecule has 10 heteroatoms. The minimum Gasteiger partial charge on any atom is -0.496 e. The standard InChI is InChI=1S/C18H20F3N5O2/c1-5-11(6-2)26-17-16(24-25-26)23-15(10(3)22-17)13-8-7-12(9-14(13)27-4)28-18(19,20)21/h7-9,11H,5-6H2,1-4H3. The van der Waals surface area contributed by atoms with Gasteiger partial charge in [0.2, 0.25) is 5.65 Å². The predicted molar refractivity (Wildman–Crippen MR) is 96.1 cm³/mol. The fourth-order valence-electron chi connectivity index (χ4n) is 3.05. The highest BCUT2D eigenvalue weighted by atomic mass is 19.4. The first kappa shape index (κ1) is 19.8. The number of ether oxygens (including phenoxy) is 2. The van der Waals surface area contributed by atoms with E-state index in [0.717, 1.165) is 18.9 Å².